The topological polar surface area (TPSA) is 52.0 Å². The van der Waals surface area contributed by atoms with Gasteiger partial charge >= 0.3 is 0 Å². The Morgan fingerprint density at radius 2 is 2.06 bits per heavy atom. The molecular formula is C15H22N2O. The smallest absolute Gasteiger partial charge is 0.195 e. The van der Waals surface area contributed by atoms with Crippen molar-refractivity contribution in [3.8, 4) is 0 Å². The van der Waals surface area contributed by atoms with Gasteiger partial charge in [0.15, 0.2) is 11.5 Å². The maximum atomic E-state index is 5.75. The highest BCUT2D eigenvalue weighted by Gasteiger charge is 2.15. The number of nitrogens with zero attached hydrogens (tertiary/aromatic N) is 1. The van der Waals surface area contributed by atoms with Crippen LogP contribution in [-0.2, 0) is 11.8 Å². The van der Waals surface area contributed by atoms with Crippen LogP contribution in [0.1, 0.15) is 45.6 Å². The molecule has 98 valence electrons. The number of aryl methyl sites for hydroxylation is 1. The van der Waals surface area contributed by atoms with E-state index in [1.54, 1.807) is 0 Å². The lowest BCUT2D eigenvalue weighted by atomic mass is 9.87. The molecule has 3 nitrogen and oxygen atoms in total. The van der Waals surface area contributed by atoms with Crippen LogP contribution in [0, 0.1) is 0 Å². The van der Waals surface area contributed by atoms with Crippen molar-refractivity contribution in [1.82, 2.24) is 4.98 Å². The molecule has 0 saturated carbocycles. The van der Waals surface area contributed by atoms with Crippen molar-refractivity contribution < 1.29 is 4.42 Å². The number of aromatic nitrogens is 1. The first kappa shape index (κ1) is 13.1. The predicted octanol–water partition coefficient (Wildman–Crippen LogP) is 3.41. The molecule has 1 atom stereocenters. The Hall–Kier alpha value is -1.35. The van der Waals surface area contributed by atoms with Crippen LogP contribution in [0.3, 0.4) is 0 Å². The maximum absolute atomic E-state index is 5.75. The highest BCUT2D eigenvalue weighted by molar-refractivity contribution is 5.73. The molecule has 2 aromatic rings. The molecule has 2 rings (SSSR count). The first-order valence-electron chi connectivity index (χ1n) is 6.52. The summed E-state index contributed by atoms with van der Waals surface area (Å²) in [6.07, 6.45) is 1.70. The van der Waals surface area contributed by atoms with Crippen molar-refractivity contribution in [3.63, 3.8) is 0 Å². The Labute approximate surface area is 108 Å². The van der Waals surface area contributed by atoms with Crippen LogP contribution in [-0.4, -0.2) is 11.0 Å². The quantitative estimate of drug-likeness (QED) is 0.903. The van der Waals surface area contributed by atoms with E-state index in [1.807, 2.05) is 13.0 Å². The van der Waals surface area contributed by atoms with Crippen LogP contribution >= 0.6 is 0 Å². The molecule has 0 amide bonds. The number of nitrogens with two attached hydrogens (primary N) is 1. The number of fused-ring (bicyclic) bond motifs is 1. The molecule has 1 heterocycles. The summed E-state index contributed by atoms with van der Waals surface area (Å²) in [7, 11) is 0. The molecule has 2 N–H and O–H groups in total. The summed E-state index contributed by atoms with van der Waals surface area (Å²) in [5.74, 6) is 0.786. The number of oxazole rings is 1. The number of hydrogen-bond donors (Lipinski definition) is 1. The Balaban J connectivity index is 2.28. The van der Waals surface area contributed by atoms with Crippen molar-refractivity contribution >= 4 is 11.1 Å². The summed E-state index contributed by atoms with van der Waals surface area (Å²) in [5, 5.41) is 0. The van der Waals surface area contributed by atoms with Crippen molar-refractivity contribution in [2.24, 2.45) is 5.73 Å². The van der Waals surface area contributed by atoms with Crippen molar-refractivity contribution in [2.75, 3.05) is 0 Å². The summed E-state index contributed by atoms with van der Waals surface area (Å²) >= 11 is 0. The predicted molar refractivity (Wildman–Crippen MR) is 74.7 cm³/mol. The molecule has 1 unspecified atom stereocenters. The van der Waals surface area contributed by atoms with Gasteiger partial charge in [0.25, 0.3) is 0 Å². The number of benzene rings is 1. The van der Waals surface area contributed by atoms with Crippen LogP contribution < -0.4 is 5.73 Å². The monoisotopic (exact) mass is 246 g/mol. The molecule has 0 saturated heterocycles. The zero-order chi connectivity index (χ0) is 13.3. The molecule has 1 aromatic heterocycles. The highest BCUT2D eigenvalue weighted by Crippen LogP contribution is 2.26. The molecule has 0 aliphatic carbocycles. The summed E-state index contributed by atoms with van der Waals surface area (Å²) < 4.78 is 5.72. The van der Waals surface area contributed by atoms with Gasteiger partial charge < -0.3 is 10.2 Å². The Kier molecular flexibility index (Phi) is 3.44. The third-order valence-corrected chi connectivity index (χ3v) is 3.11. The van der Waals surface area contributed by atoms with Gasteiger partial charge in [-0.2, -0.15) is 0 Å². The average molecular weight is 246 g/mol. The van der Waals surface area contributed by atoms with Gasteiger partial charge in [-0.05, 0) is 36.5 Å². The molecule has 0 radical (unpaired) electrons. The Bertz CT molecular complexity index is 535. The van der Waals surface area contributed by atoms with E-state index in [2.05, 4.69) is 37.9 Å². The largest absolute Gasteiger partial charge is 0.441 e. The van der Waals surface area contributed by atoms with Crippen molar-refractivity contribution in [2.45, 2.75) is 52.0 Å². The van der Waals surface area contributed by atoms with E-state index in [9.17, 15) is 0 Å². The molecule has 0 bridgehead atoms. The lowest BCUT2D eigenvalue weighted by molar-refractivity contribution is 0.504. The zero-order valence-electron chi connectivity index (χ0n) is 11.7. The summed E-state index contributed by atoms with van der Waals surface area (Å²) in [6.45, 7) is 8.60. The SMILES string of the molecule is CC(N)CCc1nc2cc(C(C)(C)C)ccc2o1. The van der Waals surface area contributed by atoms with Crippen LogP contribution in [0.5, 0.6) is 0 Å². The second kappa shape index (κ2) is 4.73. The minimum absolute atomic E-state index is 0.138. The standard InChI is InChI=1S/C15H22N2O/c1-10(16)5-8-14-17-12-9-11(15(2,3)4)6-7-13(12)18-14/h6-7,9-10H,5,8,16H2,1-4H3. The average Bonchev–Trinajstić information content (AvgIpc) is 2.66. The molecule has 3 heteroatoms. The Morgan fingerprint density at radius 1 is 1.33 bits per heavy atom. The zero-order valence-corrected chi connectivity index (χ0v) is 11.7. The molecular weight excluding hydrogens is 224 g/mol. The molecule has 0 aliphatic rings. The van der Waals surface area contributed by atoms with Crippen LogP contribution in [0.25, 0.3) is 11.1 Å². The molecule has 1 aromatic carbocycles. The van der Waals surface area contributed by atoms with Gasteiger partial charge in [0, 0.05) is 12.5 Å². The van der Waals surface area contributed by atoms with Crippen LogP contribution in [0.2, 0.25) is 0 Å². The van der Waals surface area contributed by atoms with Crippen LogP contribution in [0.4, 0.5) is 0 Å². The van der Waals surface area contributed by atoms with Gasteiger partial charge in [0.1, 0.15) is 5.52 Å². The van der Waals surface area contributed by atoms with E-state index in [0.29, 0.717) is 0 Å². The summed E-state index contributed by atoms with van der Waals surface area (Å²) in [4.78, 5) is 4.54. The van der Waals surface area contributed by atoms with Gasteiger partial charge in [0.2, 0.25) is 0 Å². The van der Waals surface area contributed by atoms with E-state index in [1.165, 1.54) is 5.56 Å². The fraction of sp³-hybridized carbons (Fsp3) is 0.533. The summed E-state index contributed by atoms with van der Waals surface area (Å²) in [6, 6.07) is 6.43. The first-order chi connectivity index (χ1) is 8.36. The molecule has 0 fully saturated rings. The van der Waals surface area contributed by atoms with Gasteiger partial charge in [0.05, 0.1) is 0 Å². The van der Waals surface area contributed by atoms with E-state index in [-0.39, 0.29) is 11.5 Å². The third-order valence-electron chi connectivity index (χ3n) is 3.11. The third kappa shape index (κ3) is 2.91. The molecule has 0 aliphatic heterocycles. The first-order valence-corrected chi connectivity index (χ1v) is 6.52. The van der Waals surface area contributed by atoms with E-state index >= 15 is 0 Å². The van der Waals surface area contributed by atoms with E-state index < -0.39 is 0 Å². The van der Waals surface area contributed by atoms with Crippen molar-refractivity contribution in [3.05, 3.63) is 29.7 Å². The second-order valence-electron chi connectivity index (χ2n) is 6.06. The van der Waals surface area contributed by atoms with E-state index in [4.69, 9.17) is 10.2 Å². The van der Waals surface area contributed by atoms with Gasteiger partial charge in [-0.25, -0.2) is 4.98 Å². The molecule has 18 heavy (non-hydrogen) atoms. The highest BCUT2D eigenvalue weighted by atomic mass is 16.3. The maximum Gasteiger partial charge on any atom is 0.195 e. The van der Waals surface area contributed by atoms with Crippen molar-refractivity contribution in [1.29, 1.82) is 0 Å². The normalized spacial score (nSPS) is 14.1. The lowest BCUT2D eigenvalue weighted by Gasteiger charge is -2.18. The van der Waals surface area contributed by atoms with Gasteiger partial charge in [-0.15, -0.1) is 0 Å². The van der Waals surface area contributed by atoms with E-state index in [0.717, 1.165) is 29.8 Å². The fourth-order valence-electron chi connectivity index (χ4n) is 1.90. The minimum atomic E-state index is 0.138. The number of rotatable bonds is 3. The van der Waals surface area contributed by atoms with Gasteiger partial charge in [-0.3, -0.25) is 0 Å². The molecule has 0 spiro atoms. The number of hydrogen-bond acceptors (Lipinski definition) is 3. The fourth-order valence-corrected chi connectivity index (χ4v) is 1.90. The lowest BCUT2D eigenvalue weighted by Crippen LogP contribution is -2.15. The van der Waals surface area contributed by atoms with Gasteiger partial charge in [-0.1, -0.05) is 26.8 Å². The second-order valence-corrected chi connectivity index (χ2v) is 6.06. The van der Waals surface area contributed by atoms with Crippen LogP contribution in [0.15, 0.2) is 22.6 Å². The summed E-state index contributed by atoms with van der Waals surface area (Å²) in [5.41, 5.74) is 8.97. The Morgan fingerprint density at radius 3 is 2.67 bits per heavy atom. The minimum Gasteiger partial charge on any atom is -0.441 e.